The zero-order chi connectivity index (χ0) is 18.0. The van der Waals surface area contributed by atoms with Crippen LogP contribution in [0.1, 0.15) is 40.0 Å². The molecule has 1 aliphatic carbocycles. The highest BCUT2D eigenvalue weighted by Gasteiger charge is 2.59. The Kier molecular flexibility index (Phi) is 5.53. The van der Waals surface area contributed by atoms with Gasteiger partial charge in [-0.15, -0.1) is 0 Å². The molecular weight excluding hydrogens is 318 g/mol. The van der Waals surface area contributed by atoms with Crippen LogP contribution in [0.3, 0.4) is 0 Å². The van der Waals surface area contributed by atoms with Crippen molar-refractivity contribution >= 4 is 11.9 Å². The number of fused-ring (bicyclic) bond motifs is 1. The fourth-order valence-corrected chi connectivity index (χ4v) is 4.70. The number of rotatable bonds is 5. The second kappa shape index (κ2) is 7.50. The van der Waals surface area contributed by atoms with Crippen molar-refractivity contribution in [2.45, 2.75) is 58.2 Å². The van der Waals surface area contributed by atoms with Crippen molar-refractivity contribution in [2.24, 2.45) is 22.1 Å². The third kappa shape index (κ3) is 3.92. The molecule has 3 aliphatic rings. The molecule has 7 nitrogen and oxygen atoms in total. The molecule has 3 rings (SSSR count). The van der Waals surface area contributed by atoms with E-state index < -0.39 is 0 Å². The summed E-state index contributed by atoms with van der Waals surface area (Å²) in [6, 6.07) is 0.800. The van der Waals surface area contributed by atoms with Gasteiger partial charge in [0.1, 0.15) is 0 Å². The maximum absolute atomic E-state index is 11.1. The summed E-state index contributed by atoms with van der Waals surface area (Å²) in [6.07, 6.45) is 3.52. The Hall–Kier alpha value is -1.34. The minimum absolute atomic E-state index is 0.141. The Bertz CT molecular complexity index is 514. The minimum atomic E-state index is -0.248. The van der Waals surface area contributed by atoms with Crippen LogP contribution in [0, 0.1) is 11.3 Å². The average Bonchev–Trinajstić information content (AvgIpc) is 3.01. The van der Waals surface area contributed by atoms with Crippen molar-refractivity contribution < 1.29 is 9.53 Å². The van der Waals surface area contributed by atoms with E-state index in [9.17, 15) is 4.79 Å². The molecule has 7 heteroatoms. The second-order valence-electron chi connectivity index (χ2n) is 8.17. The third-order valence-corrected chi connectivity index (χ3v) is 6.02. The molecule has 3 fully saturated rings. The number of carbonyl (C=O) groups excluding carboxylic acids is 1. The second-order valence-corrected chi connectivity index (χ2v) is 8.17. The van der Waals surface area contributed by atoms with Crippen molar-refractivity contribution in [3.05, 3.63) is 0 Å². The molecule has 25 heavy (non-hydrogen) atoms. The summed E-state index contributed by atoms with van der Waals surface area (Å²) in [6.45, 7) is 10.4. The van der Waals surface area contributed by atoms with Gasteiger partial charge in [-0.2, -0.15) is 0 Å². The highest BCUT2D eigenvalue weighted by atomic mass is 16.5. The summed E-state index contributed by atoms with van der Waals surface area (Å²) in [5.74, 6) is 1.26. The number of nitrogens with two attached hydrogens (primary N) is 1. The number of nitrogens with one attached hydrogen (secondary N) is 2. The zero-order valence-corrected chi connectivity index (χ0v) is 15.8. The molecule has 0 aromatic carbocycles. The number of nitrogens with zero attached hydrogens (tertiary/aromatic N) is 2. The van der Waals surface area contributed by atoms with Crippen molar-refractivity contribution in [3.8, 4) is 0 Å². The van der Waals surface area contributed by atoms with E-state index in [1.807, 2.05) is 0 Å². The number of carbonyl (C=O) groups is 1. The summed E-state index contributed by atoms with van der Waals surface area (Å²) in [5.41, 5.74) is 5.43. The van der Waals surface area contributed by atoms with Gasteiger partial charge in [-0.1, -0.05) is 13.8 Å². The molecular formula is C18H33N5O2. The summed E-state index contributed by atoms with van der Waals surface area (Å²) < 4.78 is 5.89. The number of ether oxygens (including phenoxy) is 1. The van der Waals surface area contributed by atoms with E-state index in [1.165, 1.54) is 0 Å². The Labute approximate surface area is 150 Å². The fourth-order valence-electron chi connectivity index (χ4n) is 4.70. The van der Waals surface area contributed by atoms with Gasteiger partial charge >= 0.3 is 0 Å². The number of piperidine rings is 1. The monoisotopic (exact) mass is 351 g/mol. The lowest BCUT2D eigenvalue weighted by atomic mass is 9.57. The molecule has 2 saturated heterocycles. The smallest absolute Gasteiger partial charge is 0.231 e. The van der Waals surface area contributed by atoms with Gasteiger partial charge in [-0.25, -0.2) is 0 Å². The van der Waals surface area contributed by atoms with Gasteiger partial charge < -0.3 is 21.1 Å². The summed E-state index contributed by atoms with van der Waals surface area (Å²) in [5, 5.41) is 7.28. The lowest BCUT2D eigenvalue weighted by molar-refractivity contribution is -0.119. The van der Waals surface area contributed by atoms with E-state index >= 15 is 0 Å². The van der Waals surface area contributed by atoms with Crippen molar-refractivity contribution in [1.29, 1.82) is 0 Å². The predicted octanol–water partition coefficient (Wildman–Crippen LogP) is 0.305. The molecule has 3 atom stereocenters. The summed E-state index contributed by atoms with van der Waals surface area (Å²) in [4.78, 5) is 17.8. The van der Waals surface area contributed by atoms with Gasteiger partial charge in [-0.05, 0) is 26.2 Å². The normalized spacial score (nSPS) is 32.8. The molecule has 1 amide bonds. The average molecular weight is 351 g/mol. The van der Waals surface area contributed by atoms with Gasteiger partial charge in [-0.3, -0.25) is 14.7 Å². The topological polar surface area (TPSA) is 92.0 Å². The van der Waals surface area contributed by atoms with Crippen molar-refractivity contribution in [3.63, 3.8) is 0 Å². The first kappa shape index (κ1) is 18.5. The molecule has 0 aromatic heterocycles. The van der Waals surface area contributed by atoms with Gasteiger partial charge in [0.15, 0.2) is 5.96 Å². The number of hydrogen-bond donors (Lipinski definition) is 3. The van der Waals surface area contributed by atoms with Crippen molar-refractivity contribution in [1.82, 2.24) is 15.5 Å². The standard InChI is InChI=1S/C18H33N5O2/c1-4-20-17(21-12-5-8-23(9-6-12)11-14(19)24)22-15-13-7-10-25-16(13)18(15,2)3/h12-13,15-16H,4-11H2,1-3H3,(H2,19,24)(H2,20,21,22). The van der Waals surface area contributed by atoms with Crippen LogP contribution in [0.4, 0.5) is 0 Å². The number of guanidine groups is 1. The predicted molar refractivity (Wildman–Crippen MR) is 98.3 cm³/mol. The maximum atomic E-state index is 11.1. The molecule has 0 radical (unpaired) electrons. The number of primary amides is 1. The first-order valence-corrected chi connectivity index (χ1v) is 9.61. The largest absolute Gasteiger partial charge is 0.377 e. The third-order valence-electron chi connectivity index (χ3n) is 6.02. The van der Waals surface area contributed by atoms with Crippen LogP contribution in [0.25, 0.3) is 0 Å². The fraction of sp³-hybridized carbons (Fsp3) is 0.889. The molecule has 0 bridgehead atoms. The summed E-state index contributed by atoms with van der Waals surface area (Å²) in [7, 11) is 0. The quantitative estimate of drug-likeness (QED) is 0.490. The molecule has 1 saturated carbocycles. The molecule has 4 N–H and O–H groups in total. The lowest BCUT2D eigenvalue weighted by Gasteiger charge is -2.55. The van der Waals surface area contributed by atoms with Crippen LogP contribution in [0.5, 0.6) is 0 Å². The van der Waals surface area contributed by atoms with E-state index in [-0.39, 0.29) is 11.3 Å². The number of hydrogen-bond acceptors (Lipinski definition) is 4. The highest BCUT2D eigenvalue weighted by Crippen LogP contribution is 2.52. The Morgan fingerprint density at radius 3 is 2.64 bits per heavy atom. The van der Waals surface area contributed by atoms with Gasteiger partial charge in [0.2, 0.25) is 5.91 Å². The van der Waals surface area contributed by atoms with Crippen LogP contribution in [-0.2, 0) is 9.53 Å². The minimum Gasteiger partial charge on any atom is -0.377 e. The van der Waals surface area contributed by atoms with Crippen molar-refractivity contribution in [2.75, 3.05) is 32.8 Å². The number of amides is 1. The van der Waals surface area contributed by atoms with E-state index in [2.05, 4.69) is 41.3 Å². The Morgan fingerprint density at radius 1 is 1.28 bits per heavy atom. The Morgan fingerprint density at radius 2 is 2.00 bits per heavy atom. The van der Waals surface area contributed by atoms with Gasteiger partial charge in [0.05, 0.1) is 12.6 Å². The molecule has 0 aromatic rings. The lowest BCUT2D eigenvalue weighted by Crippen LogP contribution is -2.68. The maximum Gasteiger partial charge on any atom is 0.231 e. The van der Waals surface area contributed by atoms with Crippen LogP contribution >= 0.6 is 0 Å². The van der Waals surface area contributed by atoms with Crippen LogP contribution in [0.15, 0.2) is 4.99 Å². The number of likely N-dealkylation sites (tertiary alicyclic amines) is 1. The van der Waals surface area contributed by atoms with Crippen LogP contribution < -0.4 is 16.4 Å². The van der Waals surface area contributed by atoms with Gasteiger partial charge in [0, 0.05) is 49.7 Å². The Balaban J connectivity index is 1.53. The molecule has 2 heterocycles. The van der Waals surface area contributed by atoms with Gasteiger partial charge in [0.25, 0.3) is 0 Å². The number of aliphatic imine (C=N–C) groups is 1. The van der Waals surface area contributed by atoms with Crippen LogP contribution in [0.2, 0.25) is 0 Å². The molecule has 3 unspecified atom stereocenters. The highest BCUT2D eigenvalue weighted by molar-refractivity contribution is 5.80. The van der Waals surface area contributed by atoms with E-state index in [0.717, 1.165) is 51.5 Å². The van der Waals surface area contributed by atoms with E-state index in [4.69, 9.17) is 10.5 Å². The first-order chi connectivity index (χ1) is 11.9. The van der Waals surface area contributed by atoms with Crippen LogP contribution in [-0.4, -0.2) is 67.7 Å². The molecule has 142 valence electrons. The SMILES string of the molecule is CCN=C(NC1CCN(CC(N)=O)CC1)NC1C2CCOC2C1(C)C. The first-order valence-electron chi connectivity index (χ1n) is 9.61. The van der Waals surface area contributed by atoms with E-state index in [1.54, 1.807) is 0 Å². The summed E-state index contributed by atoms with van der Waals surface area (Å²) >= 11 is 0. The van der Waals surface area contributed by atoms with E-state index in [0.29, 0.717) is 30.7 Å². The molecule has 0 spiro atoms. The zero-order valence-electron chi connectivity index (χ0n) is 15.8. The molecule has 2 aliphatic heterocycles.